The van der Waals surface area contributed by atoms with Crippen LogP contribution in [0.5, 0.6) is 0 Å². The minimum atomic E-state index is 0.105. The topological polar surface area (TPSA) is 34.1 Å². The lowest BCUT2D eigenvalue weighted by molar-refractivity contribution is -0.123. The average Bonchev–Trinajstić information content (AvgIpc) is 1.96. The molecule has 0 N–H and O–H groups in total. The van der Waals surface area contributed by atoms with Crippen molar-refractivity contribution < 1.29 is 9.59 Å². The molecule has 0 aromatic heterocycles. The van der Waals surface area contributed by atoms with E-state index in [-0.39, 0.29) is 11.6 Å². The van der Waals surface area contributed by atoms with E-state index in [2.05, 4.69) is 13.8 Å². The molecule has 0 atom stereocenters. The van der Waals surface area contributed by atoms with Crippen LogP contribution in [0.1, 0.15) is 46.5 Å². The van der Waals surface area contributed by atoms with Crippen LogP contribution in [0.4, 0.5) is 0 Å². The van der Waals surface area contributed by atoms with Gasteiger partial charge in [-0.1, -0.05) is 13.8 Å². The van der Waals surface area contributed by atoms with Crippen molar-refractivity contribution in [3.8, 4) is 0 Å². The standard InChI is InChI=1S/C10H18O2/c1-8(2)4-6-10(12)7-5-9(3)11/h8H,4-7H2,1-3H3. The lowest BCUT2D eigenvalue weighted by Gasteiger charge is -2.02. The molecule has 0 aliphatic carbocycles. The van der Waals surface area contributed by atoms with Crippen LogP contribution < -0.4 is 0 Å². The summed E-state index contributed by atoms with van der Waals surface area (Å²) in [5, 5.41) is 0. The number of hydrogen-bond acceptors (Lipinski definition) is 2. The van der Waals surface area contributed by atoms with Crippen molar-refractivity contribution in [2.45, 2.75) is 46.5 Å². The van der Waals surface area contributed by atoms with E-state index in [0.29, 0.717) is 25.2 Å². The molecule has 0 aliphatic rings. The van der Waals surface area contributed by atoms with Crippen LogP contribution in [-0.4, -0.2) is 11.6 Å². The van der Waals surface area contributed by atoms with Gasteiger partial charge in [0.1, 0.15) is 11.6 Å². The Labute approximate surface area is 74.3 Å². The number of Topliss-reactive ketones (excluding diaryl/α,β-unsaturated/α-hetero) is 2. The zero-order valence-corrected chi connectivity index (χ0v) is 8.22. The van der Waals surface area contributed by atoms with E-state index in [9.17, 15) is 9.59 Å². The van der Waals surface area contributed by atoms with E-state index in [1.165, 1.54) is 6.92 Å². The maximum absolute atomic E-state index is 11.1. The smallest absolute Gasteiger partial charge is 0.133 e. The van der Waals surface area contributed by atoms with E-state index in [0.717, 1.165) is 6.42 Å². The van der Waals surface area contributed by atoms with Crippen molar-refractivity contribution in [3.05, 3.63) is 0 Å². The van der Waals surface area contributed by atoms with Crippen LogP contribution in [0, 0.1) is 5.92 Å². The largest absolute Gasteiger partial charge is 0.300 e. The first-order chi connectivity index (χ1) is 5.52. The molecule has 0 rings (SSSR count). The minimum Gasteiger partial charge on any atom is -0.300 e. The van der Waals surface area contributed by atoms with Gasteiger partial charge in [-0.05, 0) is 19.3 Å². The Morgan fingerprint density at radius 3 is 2.08 bits per heavy atom. The summed E-state index contributed by atoms with van der Waals surface area (Å²) in [6.07, 6.45) is 2.42. The summed E-state index contributed by atoms with van der Waals surface area (Å²) in [7, 11) is 0. The quantitative estimate of drug-likeness (QED) is 0.613. The first kappa shape index (κ1) is 11.3. The summed E-state index contributed by atoms with van der Waals surface area (Å²) >= 11 is 0. The summed E-state index contributed by atoms with van der Waals surface area (Å²) in [5.41, 5.74) is 0. The van der Waals surface area contributed by atoms with Crippen LogP contribution in [-0.2, 0) is 9.59 Å². The molecule has 0 fully saturated rings. The van der Waals surface area contributed by atoms with Gasteiger partial charge in [-0.15, -0.1) is 0 Å². The molecule has 0 spiro atoms. The predicted molar refractivity (Wildman–Crippen MR) is 49.0 cm³/mol. The lowest BCUT2D eigenvalue weighted by atomic mass is 10.0. The Morgan fingerprint density at radius 2 is 1.67 bits per heavy atom. The Morgan fingerprint density at radius 1 is 1.08 bits per heavy atom. The monoisotopic (exact) mass is 170 g/mol. The molecule has 2 heteroatoms. The van der Waals surface area contributed by atoms with E-state index in [4.69, 9.17) is 0 Å². The Balaban J connectivity index is 3.40. The van der Waals surface area contributed by atoms with Crippen LogP contribution >= 0.6 is 0 Å². The first-order valence-electron chi connectivity index (χ1n) is 4.53. The third-order valence-electron chi connectivity index (χ3n) is 1.76. The molecule has 0 aromatic carbocycles. The van der Waals surface area contributed by atoms with E-state index in [1.54, 1.807) is 0 Å². The van der Waals surface area contributed by atoms with Crippen LogP contribution in [0.3, 0.4) is 0 Å². The van der Waals surface area contributed by atoms with Gasteiger partial charge in [0, 0.05) is 19.3 Å². The third-order valence-corrected chi connectivity index (χ3v) is 1.76. The molecular formula is C10H18O2. The molecule has 0 radical (unpaired) electrons. The number of rotatable bonds is 6. The molecule has 0 amide bonds. The van der Waals surface area contributed by atoms with Gasteiger partial charge < -0.3 is 4.79 Å². The highest BCUT2D eigenvalue weighted by atomic mass is 16.1. The van der Waals surface area contributed by atoms with Crippen molar-refractivity contribution >= 4 is 11.6 Å². The summed E-state index contributed by atoms with van der Waals surface area (Å²) < 4.78 is 0. The van der Waals surface area contributed by atoms with Gasteiger partial charge in [0.05, 0.1) is 0 Å². The maximum Gasteiger partial charge on any atom is 0.133 e. The van der Waals surface area contributed by atoms with Crippen molar-refractivity contribution in [1.29, 1.82) is 0 Å². The van der Waals surface area contributed by atoms with Crippen molar-refractivity contribution in [2.75, 3.05) is 0 Å². The van der Waals surface area contributed by atoms with E-state index >= 15 is 0 Å². The molecule has 0 aromatic rings. The number of hydrogen-bond donors (Lipinski definition) is 0. The zero-order chi connectivity index (χ0) is 9.56. The Kier molecular flexibility index (Phi) is 5.60. The summed E-state index contributed by atoms with van der Waals surface area (Å²) in [6.45, 7) is 5.71. The molecule has 12 heavy (non-hydrogen) atoms. The molecular weight excluding hydrogens is 152 g/mol. The van der Waals surface area contributed by atoms with Crippen LogP contribution in [0.2, 0.25) is 0 Å². The second kappa shape index (κ2) is 5.92. The molecule has 2 nitrogen and oxygen atoms in total. The summed E-state index contributed by atoms with van der Waals surface area (Å²) in [5.74, 6) is 0.901. The van der Waals surface area contributed by atoms with Crippen LogP contribution in [0.15, 0.2) is 0 Å². The van der Waals surface area contributed by atoms with Gasteiger partial charge in [-0.2, -0.15) is 0 Å². The third kappa shape index (κ3) is 7.45. The molecule has 0 heterocycles. The fourth-order valence-electron chi connectivity index (χ4n) is 0.890. The highest BCUT2D eigenvalue weighted by Gasteiger charge is 2.04. The molecule has 0 aliphatic heterocycles. The molecule has 0 saturated carbocycles. The number of carbonyl (C=O) groups is 2. The maximum atomic E-state index is 11.1. The number of carbonyl (C=O) groups excluding carboxylic acids is 2. The summed E-state index contributed by atoms with van der Waals surface area (Å²) in [6, 6.07) is 0. The predicted octanol–water partition coefficient (Wildman–Crippen LogP) is 2.36. The van der Waals surface area contributed by atoms with Crippen LogP contribution in [0.25, 0.3) is 0 Å². The lowest BCUT2D eigenvalue weighted by Crippen LogP contribution is -2.02. The van der Waals surface area contributed by atoms with Gasteiger partial charge in [0.2, 0.25) is 0 Å². The highest BCUT2D eigenvalue weighted by Crippen LogP contribution is 2.06. The normalized spacial score (nSPS) is 10.3. The van der Waals surface area contributed by atoms with Crippen molar-refractivity contribution in [2.24, 2.45) is 5.92 Å². The summed E-state index contributed by atoms with van der Waals surface area (Å²) in [4.78, 5) is 21.6. The number of ketones is 2. The van der Waals surface area contributed by atoms with Gasteiger partial charge in [-0.3, -0.25) is 4.79 Å². The fraction of sp³-hybridized carbons (Fsp3) is 0.800. The highest BCUT2D eigenvalue weighted by molar-refractivity contribution is 5.84. The minimum absolute atomic E-state index is 0.105. The average molecular weight is 170 g/mol. The zero-order valence-electron chi connectivity index (χ0n) is 8.22. The van der Waals surface area contributed by atoms with Crippen molar-refractivity contribution in [3.63, 3.8) is 0 Å². The molecule has 70 valence electrons. The van der Waals surface area contributed by atoms with E-state index in [1.807, 2.05) is 0 Å². The van der Waals surface area contributed by atoms with Gasteiger partial charge in [0.15, 0.2) is 0 Å². The van der Waals surface area contributed by atoms with Gasteiger partial charge >= 0.3 is 0 Å². The second-order valence-electron chi connectivity index (χ2n) is 3.67. The van der Waals surface area contributed by atoms with Gasteiger partial charge in [-0.25, -0.2) is 0 Å². The fourth-order valence-corrected chi connectivity index (χ4v) is 0.890. The second-order valence-corrected chi connectivity index (χ2v) is 3.67. The molecule has 0 saturated heterocycles. The van der Waals surface area contributed by atoms with Gasteiger partial charge in [0.25, 0.3) is 0 Å². The Hall–Kier alpha value is -0.660. The first-order valence-corrected chi connectivity index (χ1v) is 4.53. The van der Waals surface area contributed by atoms with Crippen molar-refractivity contribution in [1.82, 2.24) is 0 Å². The van der Waals surface area contributed by atoms with E-state index < -0.39 is 0 Å². The Bertz CT molecular complexity index is 159. The molecule has 0 bridgehead atoms. The SMILES string of the molecule is CC(=O)CCC(=O)CCC(C)C. The molecule has 0 unspecified atom stereocenters.